The summed E-state index contributed by atoms with van der Waals surface area (Å²) < 4.78 is 4.67. The van der Waals surface area contributed by atoms with Crippen LogP contribution >= 0.6 is 11.8 Å². The summed E-state index contributed by atoms with van der Waals surface area (Å²) in [6.07, 6.45) is 0. The zero-order valence-corrected chi connectivity index (χ0v) is 9.48. The molecular formula is C11H14O2S. The Bertz CT molecular complexity index is 334. The van der Waals surface area contributed by atoms with E-state index in [0.717, 1.165) is 11.3 Å². The van der Waals surface area contributed by atoms with Crippen molar-refractivity contribution >= 4 is 17.7 Å². The van der Waals surface area contributed by atoms with E-state index in [4.69, 9.17) is 0 Å². The van der Waals surface area contributed by atoms with E-state index < -0.39 is 0 Å². The molecular weight excluding hydrogens is 196 g/mol. The van der Waals surface area contributed by atoms with E-state index in [9.17, 15) is 4.79 Å². The molecule has 0 atom stereocenters. The smallest absolute Gasteiger partial charge is 0.338 e. The van der Waals surface area contributed by atoms with E-state index in [2.05, 4.69) is 11.7 Å². The lowest BCUT2D eigenvalue weighted by Crippen LogP contribution is -2.03. The molecule has 0 fully saturated rings. The minimum atomic E-state index is -0.268. The molecule has 0 heterocycles. The summed E-state index contributed by atoms with van der Waals surface area (Å²) in [5.41, 5.74) is 1.61. The van der Waals surface area contributed by atoms with Crippen molar-refractivity contribution in [1.82, 2.24) is 0 Å². The van der Waals surface area contributed by atoms with Crippen LogP contribution in [-0.4, -0.2) is 18.8 Å². The summed E-state index contributed by atoms with van der Waals surface area (Å²) in [5.74, 6) is 0.771. The quantitative estimate of drug-likeness (QED) is 0.567. The Balaban J connectivity index is 2.95. The summed E-state index contributed by atoms with van der Waals surface area (Å²) in [5, 5.41) is 0. The van der Waals surface area contributed by atoms with Crippen molar-refractivity contribution in [2.24, 2.45) is 0 Å². The molecule has 0 aliphatic rings. The van der Waals surface area contributed by atoms with Gasteiger partial charge in [0.05, 0.1) is 12.7 Å². The summed E-state index contributed by atoms with van der Waals surface area (Å²) >= 11 is 1.77. The van der Waals surface area contributed by atoms with Gasteiger partial charge in [0.2, 0.25) is 0 Å². The third-order valence-electron chi connectivity index (χ3n) is 1.91. The number of thioether (sulfide) groups is 1. The Morgan fingerprint density at radius 3 is 2.71 bits per heavy atom. The van der Waals surface area contributed by atoms with E-state index in [0.29, 0.717) is 5.56 Å². The minimum absolute atomic E-state index is 0.268. The van der Waals surface area contributed by atoms with Gasteiger partial charge < -0.3 is 4.74 Å². The number of hydrogen-bond acceptors (Lipinski definition) is 3. The van der Waals surface area contributed by atoms with Gasteiger partial charge in [-0.25, -0.2) is 4.79 Å². The average Bonchev–Trinajstić information content (AvgIpc) is 2.17. The largest absolute Gasteiger partial charge is 0.465 e. The fourth-order valence-corrected chi connectivity index (χ4v) is 1.99. The highest BCUT2D eigenvalue weighted by molar-refractivity contribution is 7.99. The molecule has 0 bridgehead atoms. The van der Waals surface area contributed by atoms with Crippen LogP contribution < -0.4 is 0 Å². The van der Waals surface area contributed by atoms with Gasteiger partial charge in [0.15, 0.2) is 0 Å². The molecule has 1 aromatic carbocycles. The molecule has 0 radical (unpaired) electrons. The van der Waals surface area contributed by atoms with Gasteiger partial charge in [0.1, 0.15) is 0 Å². The first-order valence-corrected chi connectivity index (χ1v) is 5.49. The van der Waals surface area contributed by atoms with Crippen LogP contribution in [0.5, 0.6) is 0 Å². The number of carbonyl (C=O) groups excluding carboxylic acids is 1. The third kappa shape index (κ3) is 2.51. The highest BCUT2D eigenvalue weighted by atomic mass is 32.2. The Hall–Kier alpha value is -0.960. The molecule has 0 aliphatic heterocycles. The number of hydrogen-bond donors (Lipinski definition) is 0. The van der Waals surface area contributed by atoms with Crippen LogP contribution in [0.2, 0.25) is 0 Å². The highest BCUT2D eigenvalue weighted by Gasteiger charge is 2.08. The van der Waals surface area contributed by atoms with Crippen molar-refractivity contribution < 1.29 is 9.53 Å². The summed E-state index contributed by atoms with van der Waals surface area (Å²) in [6.45, 7) is 4.03. The maximum absolute atomic E-state index is 11.3. The predicted molar refractivity (Wildman–Crippen MR) is 58.9 cm³/mol. The van der Waals surface area contributed by atoms with Crippen molar-refractivity contribution in [3.05, 3.63) is 29.3 Å². The van der Waals surface area contributed by atoms with Crippen LogP contribution in [-0.2, 0) is 4.74 Å². The first kappa shape index (κ1) is 11.1. The number of methoxy groups -OCH3 is 1. The average molecular weight is 210 g/mol. The van der Waals surface area contributed by atoms with Gasteiger partial charge in [-0.3, -0.25) is 0 Å². The van der Waals surface area contributed by atoms with Crippen LogP contribution in [0.1, 0.15) is 22.8 Å². The van der Waals surface area contributed by atoms with Gasteiger partial charge in [0, 0.05) is 4.90 Å². The van der Waals surface area contributed by atoms with Crippen LogP contribution in [0.4, 0.5) is 0 Å². The molecule has 2 nitrogen and oxygen atoms in total. The third-order valence-corrected chi connectivity index (χ3v) is 2.79. The van der Waals surface area contributed by atoms with Gasteiger partial charge >= 0.3 is 5.97 Å². The Labute approximate surface area is 88.7 Å². The zero-order valence-electron chi connectivity index (χ0n) is 8.66. The zero-order chi connectivity index (χ0) is 10.6. The fraction of sp³-hybridized carbons (Fsp3) is 0.364. The molecule has 0 saturated carbocycles. The number of carbonyl (C=O) groups is 1. The van der Waals surface area contributed by atoms with Crippen LogP contribution in [0, 0.1) is 6.92 Å². The van der Waals surface area contributed by atoms with Gasteiger partial charge in [-0.2, -0.15) is 0 Å². The Morgan fingerprint density at radius 1 is 1.50 bits per heavy atom. The molecule has 0 aliphatic carbocycles. The number of rotatable bonds is 3. The highest BCUT2D eigenvalue weighted by Crippen LogP contribution is 2.21. The number of esters is 1. The van der Waals surface area contributed by atoms with Crippen molar-refractivity contribution in [3.63, 3.8) is 0 Å². The molecule has 1 rings (SSSR count). The van der Waals surface area contributed by atoms with E-state index in [1.165, 1.54) is 12.0 Å². The lowest BCUT2D eigenvalue weighted by atomic mass is 10.1. The molecule has 0 unspecified atom stereocenters. The number of aryl methyl sites for hydroxylation is 1. The van der Waals surface area contributed by atoms with E-state index in [-0.39, 0.29) is 5.97 Å². The molecule has 0 amide bonds. The van der Waals surface area contributed by atoms with Gasteiger partial charge in [-0.05, 0) is 36.4 Å². The maximum atomic E-state index is 11.3. The van der Waals surface area contributed by atoms with E-state index >= 15 is 0 Å². The summed E-state index contributed by atoms with van der Waals surface area (Å²) in [4.78, 5) is 12.5. The normalized spacial score (nSPS) is 9.93. The van der Waals surface area contributed by atoms with Gasteiger partial charge in [-0.1, -0.05) is 6.92 Å². The van der Waals surface area contributed by atoms with Crippen LogP contribution in [0.25, 0.3) is 0 Å². The lowest BCUT2D eigenvalue weighted by Gasteiger charge is -2.05. The van der Waals surface area contributed by atoms with E-state index in [1.54, 1.807) is 11.8 Å². The second-order valence-corrected chi connectivity index (χ2v) is 4.24. The van der Waals surface area contributed by atoms with Gasteiger partial charge in [0.25, 0.3) is 0 Å². The first-order valence-electron chi connectivity index (χ1n) is 4.50. The molecule has 76 valence electrons. The molecule has 0 spiro atoms. The summed E-state index contributed by atoms with van der Waals surface area (Å²) in [7, 11) is 1.40. The first-order chi connectivity index (χ1) is 6.69. The lowest BCUT2D eigenvalue weighted by molar-refractivity contribution is 0.0600. The fourth-order valence-electron chi connectivity index (χ4n) is 1.23. The van der Waals surface area contributed by atoms with E-state index in [1.807, 2.05) is 25.1 Å². The van der Waals surface area contributed by atoms with Gasteiger partial charge in [-0.15, -0.1) is 11.8 Å². The molecule has 0 saturated heterocycles. The molecule has 1 aromatic rings. The molecule has 0 aromatic heterocycles. The predicted octanol–water partition coefficient (Wildman–Crippen LogP) is 2.89. The maximum Gasteiger partial charge on any atom is 0.338 e. The van der Waals surface area contributed by atoms with Crippen molar-refractivity contribution in [1.29, 1.82) is 0 Å². The second-order valence-electron chi connectivity index (χ2n) is 2.90. The number of benzene rings is 1. The van der Waals surface area contributed by atoms with Crippen LogP contribution in [0.15, 0.2) is 23.1 Å². The summed E-state index contributed by atoms with van der Waals surface area (Å²) in [6, 6.07) is 5.78. The minimum Gasteiger partial charge on any atom is -0.465 e. The topological polar surface area (TPSA) is 26.3 Å². The number of ether oxygens (including phenoxy) is 1. The SMILES string of the molecule is CCSc1ccc(C(=O)OC)c(C)c1. The van der Waals surface area contributed by atoms with Crippen LogP contribution in [0.3, 0.4) is 0 Å². The molecule has 0 N–H and O–H groups in total. The second kappa shape index (κ2) is 5.05. The standard InChI is InChI=1S/C11H14O2S/c1-4-14-9-5-6-10(8(2)7-9)11(12)13-3/h5-7H,4H2,1-3H3. The Morgan fingerprint density at radius 2 is 2.21 bits per heavy atom. The van der Waals surface area contributed by atoms with Crippen molar-refractivity contribution in [2.45, 2.75) is 18.7 Å². The monoisotopic (exact) mass is 210 g/mol. The van der Waals surface area contributed by atoms with Crippen molar-refractivity contribution in [2.75, 3.05) is 12.9 Å². The van der Waals surface area contributed by atoms with Crippen molar-refractivity contribution in [3.8, 4) is 0 Å². The molecule has 14 heavy (non-hydrogen) atoms. The molecule has 3 heteroatoms. The Kier molecular flexibility index (Phi) is 4.01.